The molecule has 0 aromatic rings. The standard InChI is InChI=1S/C22H30O3/c1-21-7-6-17-15(16(21)2-3-18(21)20(25)12-23)10-13-4-8-22(17)9-5-14(24)11-19(13)22/h11,13,15-18,23H,2-10,12H2,1H3/t13-,15?,16?,17?,18?,21-,22+/m0/s1. The van der Waals surface area contributed by atoms with Gasteiger partial charge >= 0.3 is 0 Å². The Morgan fingerprint density at radius 1 is 1.16 bits per heavy atom. The molecule has 3 heteroatoms. The highest BCUT2D eigenvalue weighted by molar-refractivity contribution is 5.92. The summed E-state index contributed by atoms with van der Waals surface area (Å²) in [4.78, 5) is 24.4. The van der Waals surface area contributed by atoms with Gasteiger partial charge in [-0.15, -0.1) is 0 Å². The predicted molar refractivity (Wildman–Crippen MR) is 94.7 cm³/mol. The smallest absolute Gasteiger partial charge is 0.161 e. The van der Waals surface area contributed by atoms with Gasteiger partial charge < -0.3 is 5.11 Å². The normalized spacial score (nSPS) is 50.7. The van der Waals surface area contributed by atoms with Crippen LogP contribution in [0.4, 0.5) is 0 Å². The molecule has 7 atom stereocenters. The second-order valence-corrected chi connectivity index (χ2v) is 9.87. The number of allylic oxidation sites excluding steroid dienone is 1. The molecule has 5 aliphatic carbocycles. The predicted octanol–water partition coefficient (Wildman–Crippen LogP) is 3.70. The van der Waals surface area contributed by atoms with Crippen LogP contribution in [0.15, 0.2) is 11.6 Å². The van der Waals surface area contributed by atoms with Crippen molar-refractivity contribution in [3.63, 3.8) is 0 Å². The highest BCUT2D eigenvalue weighted by atomic mass is 16.3. The fourth-order valence-electron chi connectivity index (χ4n) is 8.36. The molecule has 0 aromatic carbocycles. The van der Waals surface area contributed by atoms with Crippen LogP contribution in [0.3, 0.4) is 0 Å². The van der Waals surface area contributed by atoms with Gasteiger partial charge in [-0.3, -0.25) is 9.59 Å². The molecular weight excluding hydrogens is 312 g/mol. The molecule has 4 saturated carbocycles. The molecule has 4 fully saturated rings. The van der Waals surface area contributed by atoms with E-state index in [0.29, 0.717) is 23.0 Å². The lowest BCUT2D eigenvalue weighted by Crippen LogP contribution is -2.51. The maximum atomic E-state index is 12.3. The number of hydrogen-bond acceptors (Lipinski definition) is 3. The van der Waals surface area contributed by atoms with E-state index in [1.807, 2.05) is 6.08 Å². The lowest BCUT2D eigenvalue weighted by atomic mass is 9.46. The lowest BCUT2D eigenvalue weighted by molar-refractivity contribution is -0.133. The van der Waals surface area contributed by atoms with Crippen LogP contribution in [0, 0.1) is 40.4 Å². The van der Waals surface area contributed by atoms with Gasteiger partial charge in [0.25, 0.3) is 0 Å². The van der Waals surface area contributed by atoms with Crippen LogP contribution in [0.1, 0.15) is 64.7 Å². The first-order chi connectivity index (χ1) is 12.0. The summed E-state index contributed by atoms with van der Waals surface area (Å²) in [5.41, 5.74) is 1.94. The van der Waals surface area contributed by atoms with Crippen molar-refractivity contribution in [1.29, 1.82) is 0 Å². The van der Waals surface area contributed by atoms with Gasteiger partial charge in [-0.1, -0.05) is 12.5 Å². The van der Waals surface area contributed by atoms with E-state index in [0.717, 1.165) is 43.9 Å². The van der Waals surface area contributed by atoms with Crippen molar-refractivity contribution in [3.8, 4) is 0 Å². The third-order valence-electron chi connectivity index (χ3n) is 9.34. The average Bonchev–Trinajstić information content (AvgIpc) is 3.08. The Hall–Kier alpha value is -0.960. The molecule has 4 unspecified atom stereocenters. The van der Waals surface area contributed by atoms with Gasteiger partial charge in [0.1, 0.15) is 6.61 Å². The SMILES string of the molecule is C[C@]12CCC3C(C[C@@H]4CC[C@@]35CCC(=O)C=C45)C1CCC2C(=O)CO. The highest BCUT2D eigenvalue weighted by Gasteiger charge is 2.64. The van der Waals surface area contributed by atoms with Crippen molar-refractivity contribution < 1.29 is 14.7 Å². The summed E-state index contributed by atoms with van der Waals surface area (Å²) < 4.78 is 0. The molecule has 1 N–H and O–H groups in total. The number of carbonyl (C=O) groups is 2. The fraction of sp³-hybridized carbons (Fsp3) is 0.818. The van der Waals surface area contributed by atoms with Crippen LogP contribution in [-0.4, -0.2) is 23.3 Å². The molecule has 3 nitrogen and oxygen atoms in total. The quantitative estimate of drug-likeness (QED) is 0.832. The summed E-state index contributed by atoms with van der Waals surface area (Å²) in [6.45, 7) is 2.05. The summed E-state index contributed by atoms with van der Waals surface area (Å²) in [5.74, 6) is 3.22. The second-order valence-electron chi connectivity index (χ2n) is 9.87. The molecule has 5 rings (SSSR count). The maximum absolute atomic E-state index is 12.3. The zero-order valence-corrected chi connectivity index (χ0v) is 15.3. The molecule has 2 bridgehead atoms. The lowest BCUT2D eigenvalue weighted by Gasteiger charge is -2.58. The third-order valence-corrected chi connectivity index (χ3v) is 9.34. The van der Waals surface area contributed by atoms with Gasteiger partial charge in [0.05, 0.1) is 0 Å². The topological polar surface area (TPSA) is 54.4 Å². The summed E-state index contributed by atoms with van der Waals surface area (Å²) in [6.07, 6.45) is 12.1. The Morgan fingerprint density at radius 2 is 2.00 bits per heavy atom. The van der Waals surface area contributed by atoms with E-state index >= 15 is 0 Å². The van der Waals surface area contributed by atoms with Crippen molar-refractivity contribution >= 4 is 11.6 Å². The summed E-state index contributed by atoms with van der Waals surface area (Å²) in [6, 6.07) is 0. The van der Waals surface area contributed by atoms with Crippen LogP contribution >= 0.6 is 0 Å². The minimum absolute atomic E-state index is 0.0727. The van der Waals surface area contributed by atoms with Crippen LogP contribution in [0.25, 0.3) is 0 Å². The van der Waals surface area contributed by atoms with Gasteiger partial charge in [0.15, 0.2) is 11.6 Å². The van der Waals surface area contributed by atoms with Gasteiger partial charge in [0, 0.05) is 12.3 Å². The molecule has 0 heterocycles. The van der Waals surface area contributed by atoms with Gasteiger partial charge in [0.2, 0.25) is 0 Å². The summed E-state index contributed by atoms with van der Waals surface area (Å²) >= 11 is 0. The van der Waals surface area contributed by atoms with E-state index < -0.39 is 0 Å². The Morgan fingerprint density at radius 3 is 2.80 bits per heavy atom. The molecule has 0 radical (unpaired) electrons. The zero-order chi connectivity index (χ0) is 17.4. The van der Waals surface area contributed by atoms with Crippen LogP contribution in [-0.2, 0) is 9.59 Å². The van der Waals surface area contributed by atoms with Crippen LogP contribution in [0.5, 0.6) is 0 Å². The number of aliphatic hydroxyl groups excluding tert-OH is 1. The van der Waals surface area contributed by atoms with Crippen LogP contribution in [0.2, 0.25) is 0 Å². The molecular formula is C22H30O3. The molecule has 0 amide bonds. The number of ketones is 2. The molecule has 136 valence electrons. The minimum Gasteiger partial charge on any atom is -0.389 e. The zero-order valence-electron chi connectivity index (χ0n) is 15.3. The Balaban J connectivity index is 1.51. The Bertz CT molecular complexity index is 664. The van der Waals surface area contributed by atoms with Crippen molar-refractivity contribution in [3.05, 3.63) is 11.6 Å². The molecule has 25 heavy (non-hydrogen) atoms. The maximum Gasteiger partial charge on any atom is 0.161 e. The second kappa shape index (κ2) is 5.28. The van der Waals surface area contributed by atoms with Crippen molar-refractivity contribution in [2.45, 2.75) is 64.7 Å². The van der Waals surface area contributed by atoms with Crippen molar-refractivity contribution in [2.24, 2.45) is 40.4 Å². The molecule has 0 spiro atoms. The number of fused-ring (bicyclic) bond motifs is 3. The van der Waals surface area contributed by atoms with E-state index in [9.17, 15) is 14.7 Å². The summed E-state index contributed by atoms with van der Waals surface area (Å²) in [5, 5.41) is 9.42. The van der Waals surface area contributed by atoms with E-state index in [4.69, 9.17) is 0 Å². The fourth-order valence-corrected chi connectivity index (χ4v) is 8.36. The largest absolute Gasteiger partial charge is 0.389 e. The average molecular weight is 342 g/mol. The number of aliphatic hydroxyl groups is 1. The summed E-state index contributed by atoms with van der Waals surface area (Å²) in [7, 11) is 0. The Kier molecular flexibility index (Phi) is 3.43. The molecule has 0 saturated heterocycles. The van der Waals surface area contributed by atoms with Gasteiger partial charge in [-0.25, -0.2) is 0 Å². The van der Waals surface area contributed by atoms with Crippen molar-refractivity contribution in [2.75, 3.05) is 6.61 Å². The number of carbonyl (C=O) groups excluding carboxylic acids is 2. The first-order valence-electron chi connectivity index (χ1n) is 10.4. The number of hydrogen-bond donors (Lipinski definition) is 1. The van der Waals surface area contributed by atoms with Gasteiger partial charge in [-0.2, -0.15) is 0 Å². The van der Waals surface area contributed by atoms with E-state index in [2.05, 4.69) is 6.92 Å². The van der Waals surface area contributed by atoms with E-state index in [1.165, 1.54) is 31.3 Å². The van der Waals surface area contributed by atoms with E-state index in [-0.39, 0.29) is 23.7 Å². The van der Waals surface area contributed by atoms with E-state index in [1.54, 1.807) is 0 Å². The molecule has 0 aliphatic heterocycles. The minimum atomic E-state index is -0.289. The first kappa shape index (κ1) is 16.2. The molecule has 5 aliphatic rings. The monoisotopic (exact) mass is 342 g/mol. The highest BCUT2D eigenvalue weighted by Crippen LogP contribution is 2.71. The number of rotatable bonds is 2. The number of Topliss-reactive ketones (excluding diaryl/α,β-unsaturated/α-hetero) is 1. The van der Waals surface area contributed by atoms with Crippen LogP contribution < -0.4 is 0 Å². The Labute approximate surface area is 150 Å². The first-order valence-corrected chi connectivity index (χ1v) is 10.4. The molecule has 0 aromatic heterocycles. The van der Waals surface area contributed by atoms with Crippen molar-refractivity contribution in [1.82, 2.24) is 0 Å². The van der Waals surface area contributed by atoms with Gasteiger partial charge in [-0.05, 0) is 91.9 Å². The third kappa shape index (κ3) is 1.97.